The molecule has 0 saturated carbocycles. The standard InChI is InChI=1S/C20H15N3O2S/c24-17-10-5-4-9-16(17)21-13-15-19(18-11-6-12-26-18)22-23(20(15)25)14-7-2-1-3-8-14/h1-13,22,24H. The van der Waals surface area contributed by atoms with Crippen LogP contribution in [0.5, 0.6) is 5.75 Å². The molecule has 2 aromatic carbocycles. The number of rotatable bonds is 4. The van der Waals surface area contributed by atoms with E-state index >= 15 is 0 Å². The Bertz CT molecular complexity index is 1110. The summed E-state index contributed by atoms with van der Waals surface area (Å²) in [5, 5.41) is 15.0. The summed E-state index contributed by atoms with van der Waals surface area (Å²) in [7, 11) is 0. The summed E-state index contributed by atoms with van der Waals surface area (Å²) in [4.78, 5) is 18.2. The van der Waals surface area contributed by atoms with Crippen molar-refractivity contribution in [3.8, 4) is 22.0 Å². The van der Waals surface area contributed by atoms with Crippen molar-refractivity contribution in [3.63, 3.8) is 0 Å². The minimum Gasteiger partial charge on any atom is -0.506 e. The van der Waals surface area contributed by atoms with E-state index in [1.54, 1.807) is 24.3 Å². The molecule has 0 bridgehead atoms. The van der Waals surface area contributed by atoms with Gasteiger partial charge in [-0.2, -0.15) is 0 Å². The Balaban J connectivity index is 1.86. The van der Waals surface area contributed by atoms with Crippen LogP contribution in [0.25, 0.3) is 16.3 Å². The Morgan fingerprint density at radius 3 is 2.50 bits per heavy atom. The first-order valence-electron chi connectivity index (χ1n) is 8.00. The maximum Gasteiger partial charge on any atom is 0.280 e. The van der Waals surface area contributed by atoms with Crippen molar-refractivity contribution in [2.24, 2.45) is 4.99 Å². The molecule has 4 rings (SSSR count). The summed E-state index contributed by atoms with van der Waals surface area (Å²) in [6.45, 7) is 0. The molecule has 2 N–H and O–H groups in total. The molecule has 0 amide bonds. The molecule has 0 atom stereocenters. The van der Waals surface area contributed by atoms with Gasteiger partial charge in [0.05, 0.1) is 21.8 Å². The fraction of sp³-hybridized carbons (Fsp3) is 0. The van der Waals surface area contributed by atoms with Crippen LogP contribution in [-0.4, -0.2) is 21.1 Å². The Kier molecular flexibility index (Phi) is 4.25. The Morgan fingerprint density at radius 2 is 1.77 bits per heavy atom. The van der Waals surface area contributed by atoms with Gasteiger partial charge in [-0.3, -0.25) is 14.9 Å². The Hall–Kier alpha value is -3.38. The van der Waals surface area contributed by atoms with E-state index in [-0.39, 0.29) is 11.3 Å². The van der Waals surface area contributed by atoms with Crippen LogP contribution in [-0.2, 0) is 0 Å². The number of aliphatic imine (C=N–C) groups is 1. The lowest BCUT2D eigenvalue weighted by molar-refractivity contribution is 0.477. The number of H-pyrrole nitrogens is 1. The van der Waals surface area contributed by atoms with Crippen molar-refractivity contribution in [2.75, 3.05) is 0 Å². The van der Waals surface area contributed by atoms with Gasteiger partial charge in [-0.1, -0.05) is 36.4 Å². The van der Waals surface area contributed by atoms with Crippen LogP contribution in [0.3, 0.4) is 0 Å². The van der Waals surface area contributed by atoms with Gasteiger partial charge in [0, 0.05) is 6.21 Å². The predicted octanol–water partition coefficient (Wildman–Crippen LogP) is 4.35. The van der Waals surface area contributed by atoms with E-state index in [0.717, 1.165) is 10.6 Å². The quantitative estimate of drug-likeness (QED) is 0.531. The third-order valence-electron chi connectivity index (χ3n) is 3.92. The molecule has 0 aliphatic rings. The average Bonchev–Trinajstić information content (AvgIpc) is 3.30. The number of phenols is 1. The number of aromatic hydroxyl groups is 1. The Morgan fingerprint density at radius 1 is 1.00 bits per heavy atom. The average molecular weight is 361 g/mol. The zero-order valence-electron chi connectivity index (χ0n) is 13.7. The fourth-order valence-corrected chi connectivity index (χ4v) is 3.38. The molecule has 2 heterocycles. The molecular formula is C20H15N3O2S. The largest absolute Gasteiger partial charge is 0.506 e. The molecule has 4 aromatic rings. The number of para-hydroxylation sites is 3. The zero-order chi connectivity index (χ0) is 17.9. The highest BCUT2D eigenvalue weighted by atomic mass is 32.1. The number of aromatic amines is 1. The highest BCUT2D eigenvalue weighted by molar-refractivity contribution is 7.13. The second-order valence-electron chi connectivity index (χ2n) is 5.60. The van der Waals surface area contributed by atoms with Crippen LogP contribution in [0.2, 0.25) is 0 Å². The smallest absolute Gasteiger partial charge is 0.280 e. The monoisotopic (exact) mass is 361 g/mol. The van der Waals surface area contributed by atoms with Gasteiger partial charge in [0.2, 0.25) is 0 Å². The van der Waals surface area contributed by atoms with Gasteiger partial charge in [-0.25, -0.2) is 4.68 Å². The lowest BCUT2D eigenvalue weighted by Gasteiger charge is -2.00. The van der Waals surface area contributed by atoms with Crippen LogP contribution in [0, 0.1) is 0 Å². The van der Waals surface area contributed by atoms with Crippen LogP contribution in [0.15, 0.2) is 81.9 Å². The van der Waals surface area contributed by atoms with Crippen LogP contribution >= 0.6 is 11.3 Å². The van der Waals surface area contributed by atoms with Crippen molar-refractivity contribution in [3.05, 3.63) is 88.0 Å². The molecule has 2 aromatic heterocycles. The van der Waals surface area contributed by atoms with E-state index in [0.29, 0.717) is 16.9 Å². The summed E-state index contributed by atoms with van der Waals surface area (Å²) < 4.78 is 1.50. The molecule has 128 valence electrons. The van der Waals surface area contributed by atoms with Crippen molar-refractivity contribution in [1.82, 2.24) is 9.78 Å². The molecule has 26 heavy (non-hydrogen) atoms. The van der Waals surface area contributed by atoms with Gasteiger partial charge < -0.3 is 5.11 Å². The van der Waals surface area contributed by atoms with E-state index in [1.807, 2.05) is 47.8 Å². The number of hydrogen-bond donors (Lipinski definition) is 2. The maximum absolute atomic E-state index is 13.0. The molecule has 0 saturated heterocycles. The topological polar surface area (TPSA) is 70.4 Å². The number of aromatic nitrogens is 2. The third kappa shape index (κ3) is 2.98. The summed E-state index contributed by atoms with van der Waals surface area (Å²) in [5.74, 6) is 0.0698. The van der Waals surface area contributed by atoms with E-state index in [1.165, 1.54) is 22.2 Å². The van der Waals surface area contributed by atoms with E-state index in [4.69, 9.17) is 0 Å². The highest BCUT2D eigenvalue weighted by Crippen LogP contribution is 2.27. The first-order valence-corrected chi connectivity index (χ1v) is 8.88. The molecule has 0 aliphatic carbocycles. The lowest BCUT2D eigenvalue weighted by Crippen LogP contribution is -2.17. The van der Waals surface area contributed by atoms with Gasteiger partial charge in [-0.05, 0) is 35.7 Å². The molecular weight excluding hydrogens is 346 g/mol. The van der Waals surface area contributed by atoms with Crippen molar-refractivity contribution >= 4 is 23.2 Å². The maximum atomic E-state index is 13.0. The number of nitrogens with zero attached hydrogens (tertiary/aromatic N) is 2. The summed E-state index contributed by atoms with van der Waals surface area (Å²) in [6, 6.07) is 20.0. The molecule has 5 nitrogen and oxygen atoms in total. The minimum absolute atomic E-state index is 0.0698. The van der Waals surface area contributed by atoms with E-state index < -0.39 is 0 Å². The number of phenolic OH excluding ortho intramolecular Hbond substituents is 1. The van der Waals surface area contributed by atoms with Gasteiger partial charge in [-0.15, -0.1) is 11.3 Å². The molecule has 0 radical (unpaired) electrons. The van der Waals surface area contributed by atoms with E-state index in [9.17, 15) is 9.90 Å². The summed E-state index contributed by atoms with van der Waals surface area (Å²) >= 11 is 1.54. The van der Waals surface area contributed by atoms with Gasteiger partial charge in [0.15, 0.2) is 0 Å². The number of benzene rings is 2. The fourth-order valence-electron chi connectivity index (χ4n) is 2.64. The second-order valence-corrected chi connectivity index (χ2v) is 6.55. The Labute approximate surface area is 153 Å². The predicted molar refractivity (Wildman–Crippen MR) is 105 cm³/mol. The van der Waals surface area contributed by atoms with Crippen molar-refractivity contribution in [1.29, 1.82) is 0 Å². The molecule has 0 spiro atoms. The summed E-state index contributed by atoms with van der Waals surface area (Å²) in [6.07, 6.45) is 1.50. The summed E-state index contributed by atoms with van der Waals surface area (Å²) in [5.41, 5.74) is 2.11. The molecule has 0 aliphatic heterocycles. The third-order valence-corrected chi connectivity index (χ3v) is 4.81. The van der Waals surface area contributed by atoms with Gasteiger partial charge in [0.25, 0.3) is 5.56 Å². The SMILES string of the molecule is O=c1c(C=Nc2ccccc2O)c(-c2cccs2)[nH]n1-c1ccccc1. The van der Waals surface area contributed by atoms with E-state index in [2.05, 4.69) is 10.1 Å². The first kappa shape index (κ1) is 16.1. The van der Waals surface area contributed by atoms with Crippen molar-refractivity contribution in [2.45, 2.75) is 0 Å². The first-order chi connectivity index (χ1) is 12.7. The highest BCUT2D eigenvalue weighted by Gasteiger charge is 2.16. The number of nitrogens with one attached hydrogen (secondary N) is 1. The normalized spacial score (nSPS) is 11.2. The van der Waals surface area contributed by atoms with Crippen molar-refractivity contribution < 1.29 is 5.11 Å². The number of hydrogen-bond acceptors (Lipinski definition) is 4. The minimum atomic E-state index is -0.196. The lowest BCUT2D eigenvalue weighted by atomic mass is 10.2. The van der Waals surface area contributed by atoms with Crippen LogP contribution < -0.4 is 5.56 Å². The number of thiophene rings is 1. The zero-order valence-corrected chi connectivity index (χ0v) is 14.5. The second kappa shape index (κ2) is 6.85. The van der Waals surface area contributed by atoms with Crippen LogP contribution in [0.4, 0.5) is 5.69 Å². The van der Waals surface area contributed by atoms with Gasteiger partial charge >= 0.3 is 0 Å². The molecule has 6 heteroatoms. The van der Waals surface area contributed by atoms with Crippen LogP contribution in [0.1, 0.15) is 5.56 Å². The molecule has 0 fully saturated rings. The van der Waals surface area contributed by atoms with Gasteiger partial charge in [0.1, 0.15) is 11.4 Å². The molecule has 0 unspecified atom stereocenters.